The van der Waals surface area contributed by atoms with Gasteiger partial charge < -0.3 is 4.74 Å². The van der Waals surface area contributed by atoms with Crippen molar-refractivity contribution in [1.29, 1.82) is 5.26 Å². The summed E-state index contributed by atoms with van der Waals surface area (Å²) in [7, 11) is -3.95. The number of ether oxygens (including phenoxy) is 1. The average molecular weight is 454 g/mol. The third kappa shape index (κ3) is 4.49. The number of nitrogens with zero attached hydrogens (tertiary/aromatic N) is 4. The van der Waals surface area contributed by atoms with Crippen LogP contribution in [0.25, 0.3) is 21.1 Å². The number of benzene rings is 2. The van der Waals surface area contributed by atoms with Gasteiger partial charge in [0.05, 0.1) is 17.4 Å². The van der Waals surface area contributed by atoms with Crippen LogP contribution in [0, 0.1) is 11.3 Å². The van der Waals surface area contributed by atoms with Crippen LogP contribution in [0.2, 0.25) is 0 Å². The van der Waals surface area contributed by atoms with E-state index in [2.05, 4.69) is 20.7 Å². The lowest BCUT2D eigenvalue weighted by Gasteiger charge is -2.11. The van der Waals surface area contributed by atoms with Crippen molar-refractivity contribution >= 4 is 27.3 Å². The molecule has 4 rings (SSSR count). The molecule has 10 heteroatoms. The molecule has 0 fully saturated rings. The number of hydrogen-bond acceptors (Lipinski definition) is 7. The van der Waals surface area contributed by atoms with Crippen LogP contribution in [0.5, 0.6) is 5.75 Å². The summed E-state index contributed by atoms with van der Waals surface area (Å²) in [6.45, 7) is 3.81. The summed E-state index contributed by atoms with van der Waals surface area (Å²) >= 11 is 1.40. The zero-order chi connectivity index (χ0) is 22.2. The van der Waals surface area contributed by atoms with Crippen LogP contribution in [-0.4, -0.2) is 30.4 Å². The predicted molar refractivity (Wildman–Crippen MR) is 119 cm³/mol. The molecule has 1 aromatic heterocycles. The maximum atomic E-state index is 11.4. The molecule has 0 atom stereocenters. The Labute approximate surface area is 184 Å². The maximum Gasteiger partial charge on any atom is 0.317 e. The Bertz CT molecular complexity index is 1340. The third-order valence-corrected chi connectivity index (χ3v) is 6.18. The molecule has 158 valence electrons. The van der Waals surface area contributed by atoms with Gasteiger partial charge in [-0.25, -0.2) is 5.14 Å². The van der Waals surface area contributed by atoms with Crippen molar-refractivity contribution in [2.24, 2.45) is 9.54 Å². The quantitative estimate of drug-likeness (QED) is 0.629. The first kappa shape index (κ1) is 21.1. The summed E-state index contributed by atoms with van der Waals surface area (Å²) in [5, 5.41) is 24.6. The number of aromatic nitrogens is 2. The Hall–Kier alpha value is -3.13. The highest BCUT2D eigenvalue weighted by Gasteiger charge is 2.24. The van der Waals surface area contributed by atoms with E-state index in [-0.39, 0.29) is 6.10 Å². The molecule has 2 N–H and O–H groups in total. The minimum absolute atomic E-state index is 0.0334. The summed E-state index contributed by atoms with van der Waals surface area (Å²) in [5.41, 5.74) is 4.31. The van der Waals surface area contributed by atoms with E-state index in [9.17, 15) is 13.7 Å². The molecule has 1 aliphatic carbocycles. The normalized spacial score (nSPS) is 14.6. The first-order chi connectivity index (χ1) is 14.7. The van der Waals surface area contributed by atoms with Crippen molar-refractivity contribution in [3.8, 4) is 33.0 Å². The molecule has 1 aliphatic rings. The summed E-state index contributed by atoms with van der Waals surface area (Å²) < 4.78 is 32.1. The smallest absolute Gasteiger partial charge is 0.317 e. The molecule has 0 bridgehead atoms. The summed E-state index contributed by atoms with van der Waals surface area (Å²) in [6.07, 6.45) is 1.11. The summed E-state index contributed by atoms with van der Waals surface area (Å²) in [4.78, 5) is 0. The maximum absolute atomic E-state index is 11.4. The summed E-state index contributed by atoms with van der Waals surface area (Å²) in [5.74, 6) is 0.536. The van der Waals surface area contributed by atoms with Gasteiger partial charge in [-0.2, -0.15) is 18.1 Å². The van der Waals surface area contributed by atoms with Crippen LogP contribution in [0.15, 0.2) is 40.8 Å². The van der Waals surface area contributed by atoms with Crippen molar-refractivity contribution in [2.75, 3.05) is 0 Å². The highest BCUT2D eigenvalue weighted by Crippen LogP contribution is 2.37. The van der Waals surface area contributed by atoms with E-state index in [0.717, 1.165) is 22.3 Å². The van der Waals surface area contributed by atoms with Gasteiger partial charge in [0.2, 0.25) is 0 Å². The second-order valence-corrected chi connectivity index (χ2v) is 9.48. The van der Waals surface area contributed by atoms with E-state index in [1.54, 1.807) is 12.1 Å². The second-order valence-electron chi connectivity index (χ2n) is 7.29. The van der Waals surface area contributed by atoms with Crippen LogP contribution in [0.1, 0.15) is 37.0 Å². The second kappa shape index (κ2) is 8.19. The van der Waals surface area contributed by atoms with Gasteiger partial charge in [0, 0.05) is 16.7 Å². The lowest BCUT2D eigenvalue weighted by Crippen LogP contribution is -2.11. The van der Waals surface area contributed by atoms with Crippen LogP contribution in [0.3, 0.4) is 0 Å². The standard InChI is InChI=1S/C21H19N5O3S2/c1-12(2)29-19-9-6-13(10-14(19)11-22)20-24-25-21(30-20)17-5-3-4-16-15(17)7-8-18(16)26-31(23,27)28/h3-6,9-10,12H,7-8H2,1-2H3,(H2,23,27,28). The fraction of sp³-hybridized carbons (Fsp3) is 0.238. The Kier molecular flexibility index (Phi) is 5.58. The topological polar surface area (TPSA) is 131 Å². The van der Waals surface area contributed by atoms with Gasteiger partial charge in [0.1, 0.15) is 21.8 Å². The lowest BCUT2D eigenvalue weighted by atomic mass is 10.0. The van der Waals surface area contributed by atoms with Gasteiger partial charge in [0.25, 0.3) is 0 Å². The molecule has 0 saturated heterocycles. The van der Waals surface area contributed by atoms with Gasteiger partial charge in [-0.1, -0.05) is 29.5 Å². The SMILES string of the molecule is CC(C)Oc1ccc(-c2nnc(-c3cccc4c3CCC4=NS(N)(=O)=O)s2)cc1C#N. The molecule has 0 spiro atoms. The minimum atomic E-state index is -3.95. The van der Waals surface area contributed by atoms with Crippen LogP contribution in [-0.2, 0) is 16.6 Å². The molecule has 2 aromatic carbocycles. The minimum Gasteiger partial charge on any atom is -0.490 e. The number of nitrogens with two attached hydrogens (primary N) is 1. The van der Waals surface area contributed by atoms with Crippen LogP contribution in [0.4, 0.5) is 0 Å². The molecule has 1 heterocycles. The van der Waals surface area contributed by atoms with Crippen molar-refractivity contribution < 1.29 is 13.2 Å². The van der Waals surface area contributed by atoms with Crippen molar-refractivity contribution in [1.82, 2.24) is 10.2 Å². The van der Waals surface area contributed by atoms with Crippen LogP contribution >= 0.6 is 11.3 Å². The molecule has 3 aromatic rings. The van der Waals surface area contributed by atoms with Gasteiger partial charge in [0.15, 0.2) is 0 Å². The number of fused-ring (bicyclic) bond motifs is 1. The zero-order valence-corrected chi connectivity index (χ0v) is 18.5. The van der Waals surface area contributed by atoms with Gasteiger partial charge in [-0.15, -0.1) is 10.2 Å². The fourth-order valence-corrected chi connectivity index (χ4v) is 4.90. The third-order valence-electron chi connectivity index (χ3n) is 4.70. The highest BCUT2D eigenvalue weighted by atomic mass is 32.2. The number of hydrogen-bond donors (Lipinski definition) is 1. The Morgan fingerprint density at radius 2 is 1.90 bits per heavy atom. The largest absolute Gasteiger partial charge is 0.490 e. The molecule has 31 heavy (non-hydrogen) atoms. The van der Waals surface area contributed by atoms with E-state index in [1.165, 1.54) is 11.3 Å². The highest BCUT2D eigenvalue weighted by molar-refractivity contribution is 7.88. The first-order valence-corrected chi connectivity index (χ1v) is 11.9. The molecule has 0 unspecified atom stereocenters. The van der Waals surface area contributed by atoms with E-state index in [4.69, 9.17) is 9.88 Å². The van der Waals surface area contributed by atoms with Gasteiger partial charge in [-0.05, 0) is 50.5 Å². The average Bonchev–Trinajstić information content (AvgIpc) is 3.34. The monoisotopic (exact) mass is 453 g/mol. The number of rotatable bonds is 5. The van der Waals surface area contributed by atoms with Crippen molar-refractivity contribution in [2.45, 2.75) is 32.8 Å². The van der Waals surface area contributed by atoms with Gasteiger partial charge >= 0.3 is 10.2 Å². The molecular weight excluding hydrogens is 434 g/mol. The number of nitriles is 1. The molecular formula is C21H19N5O3S2. The Morgan fingerprint density at radius 1 is 1.16 bits per heavy atom. The van der Waals surface area contributed by atoms with Crippen LogP contribution < -0.4 is 9.88 Å². The van der Waals surface area contributed by atoms with Gasteiger partial charge in [-0.3, -0.25) is 0 Å². The molecule has 0 aliphatic heterocycles. The molecule has 8 nitrogen and oxygen atoms in total. The first-order valence-electron chi connectivity index (χ1n) is 9.54. The van der Waals surface area contributed by atoms with E-state index in [0.29, 0.717) is 39.9 Å². The van der Waals surface area contributed by atoms with Crippen molar-refractivity contribution in [3.05, 3.63) is 53.1 Å². The summed E-state index contributed by atoms with van der Waals surface area (Å²) in [6, 6.07) is 13.1. The molecule has 0 radical (unpaired) electrons. The van der Waals surface area contributed by atoms with Crippen molar-refractivity contribution in [3.63, 3.8) is 0 Å². The Morgan fingerprint density at radius 3 is 2.61 bits per heavy atom. The Balaban J connectivity index is 1.70. The van der Waals surface area contributed by atoms with E-state index < -0.39 is 10.2 Å². The predicted octanol–water partition coefficient (Wildman–Crippen LogP) is 3.47. The molecule has 0 amide bonds. The van der Waals surface area contributed by atoms with E-state index >= 15 is 0 Å². The zero-order valence-electron chi connectivity index (χ0n) is 16.9. The lowest BCUT2D eigenvalue weighted by molar-refractivity contribution is 0.242. The van der Waals surface area contributed by atoms with E-state index in [1.807, 2.05) is 38.1 Å². The molecule has 0 saturated carbocycles. The fourth-order valence-electron chi connectivity index (χ4n) is 3.51.